The van der Waals surface area contributed by atoms with Gasteiger partial charge in [0.1, 0.15) is 0 Å². The standard InChI is InChI=1S/C12H17BrN4OS/c1-3-5-14-8(2)11-16-17-12(18-11)15-7-10-9(13)4-6-19-10/h4,6,8,14H,3,5,7H2,1-2H3,(H,15,17). The zero-order valence-corrected chi connectivity index (χ0v) is 13.3. The molecule has 0 saturated carbocycles. The van der Waals surface area contributed by atoms with Crippen molar-refractivity contribution in [2.75, 3.05) is 11.9 Å². The van der Waals surface area contributed by atoms with E-state index in [1.807, 2.05) is 18.4 Å². The van der Waals surface area contributed by atoms with Crippen molar-refractivity contribution in [3.63, 3.8) is 0 Å². The van der Waals surface area contributed by atoms with Gasteiger partial charge in [-0.3, -0.25) is 0 Å². The quantitative estimate of drug-likeness (QED) is 0.803. The third-order valence-electron chi connectivity index (χ3n) is 2.60. The molecule has 2 N–H and O–H groups in total. The maximum Gasteiger partial charge on any atom is 0.315 e. The van der Waals surface area contributed by atoms with Gasteiger partial charge in [0.25, 0.3) is 0 Å². The molecule has 0 radical (unpaired) electrons. The van der Waals surface area contributed by atoms with Crippen molar-refractivity contribution in [1.29, 1.82) is 0 Å². The van der Waals surface area contributed by atoms with E-state index in [1.165, 1.54) is 4.88 Å². The first kappa shape index (κ1) is 14.5. The number of nitrogens with one attached hydrogen (secondary N) is 2. The molecule has 0 aromatic carbocycles. The summed E-state index contributed by atoms with van der Waals surface area (Å²) in [6, 6.07) is 2.56. The van der Waals surface area contributed by atoms with E-state index in [9.17, 15) is 0 Å². The SMILES string of the molecule is CCCNC(C)c1nnc(NCc2sccc2Br)o1. The Labute approximate surface area is 124 Å². The molecule has 2 aromatic heterocycles. The molecule has 1 unspecified atom stereocenters. The van der Waals surface area contributed by atoms with Gasteiger partial charge in [-0.1, -0.05) is 12.0 Å². The Morgan fingerprint density at radius 1 is 1.47 bits per heavy atom. The molecular weight excluding hydrogens is 328 g/mol. The topological polar surface area (TPSA) is 63.0 Å². The number of hydrogen-bond acceptors (Lipinski definition) is 6. The lowest BCUT2D eigenvalue weighted by molar-refractivity contribution is 0.423. The fraction of sp³-hybridized carbons (Fsp3) is 0.500. The normalized spacial score (nSPS) is 12.6. The minimum absolute atomic E-state index is 0.0801. The summed E-state index contributed by atoms with van der Waals surface area (Å²) in [6.45, 7) is 5.76. The summed E-state index contributed by atoms with van der Waals surface area (Å²) in [6.07, 6.45) is 1.08. The van der Waals surface area contributed by atoms with Gasteiger partial charge in [0.15, 0.2) is 0 Å². The van der Waals surface area contributed by atoms with E-state index in [0.29, 0.717) is 18.5 Å². The van der Waals surface area contributed by atoms with Crippen LogP contribution >= 0.6 is 27.3 Å². The fourth-order valence-electron chi connectivity index (χ4n) is 1.54. The third kappa shape index (κ3) is 4.02. The summed E-state index contributed by atoms with van der Waals surface area (Å²) in [5.74, 6) is 0.612. The fourth-order valence-corrected chi connectivity index (χ4v) is 2.97. The minimum atomic E-state index is 0.0801. The third-order valence-corrected chi connectivity index (χ3v) is 4.53. The van der Waals surface area contributed by atoms with E-state index in [2.05, 4.69) is 43.7 Å². The molecule has 0 spiro atoms. The van der Waals surface area contributed by atoms with E-state index in [1.54, 1.807) is 11.3 Å². The minimum Gasteiger partial charge on any atom is -0.406 e. The molecule has 0 amide bonds. The zero-order chi connectivity index (χ0) is 13.7. The van der Waals surface area contributed by atoms with Crippen LogP contribution in [-0.2, 0) is 6.54 Å². The first-order valence-corrected chi connectivity index (χ1v) is 7.90. The molecule has 2 heterocycles. The van der Waals surface area contributed by atoms with E-state index < -0.39 is 0 Å². The number of hydrogen-bond donors (Lipinski definition) is 2. The van der Waals surface area contributed by atoms with E-state index in [-0.39, 0.29) is 6.04 Å². The van der Waals surface area contributed by atoms with Gasteiger partial charge >= 0.3 is 6.01 Å². The molecule has 2 aromatic rings. The average molecular weight is 345 g/mol. The van der Waals surface area contributed by atoms with Gasteiger partial charge < -0.3 is 15.1 Å². The van der Waals surface area contributed by atoms with Crippen LogP contribution in [0.2, 0.25) is 0 Å². The molecule has 0 aliphatic heterocycles. The van der Waals surface area contributed by atoms with Crippen molar-refractivity contribution in [2.24, 2.45) is 0 Å². The summed E-state index contributed by atoms with van der Waals surface area (Å²) >= 11 is 5.17. The maximum absolute atomic E-state index is 5.57. The Bertz CT molecular complexity index is 513. The van der Waals surface area contributed by atoms with Gasteiger partial charge in [-0.2, -0.15) is 0 Å². The van der Waals surface area contributed by atoms with Crippen molar-refractivity contribution in [3.05, 3.63) is 26.7 Å². The lowest BCUT2D eigenvalue weighted by atomic mass is 10.3. The predicted molar refractivity (Wildman–Crippen MR) is 80.4 cm³/mol. The number of nitrogens with zero attached hydrogens (tertiary/aromatic N) is 2. The Kier molecular flexibility index (Phi) is 5.35. The Balaban J connectivity index is 1.88. The number of thiophene rings is 1. The lowest BCUT2D eigenvalue weighted by Crippen LogP contribution is -2.19. The summed E-state index contributed by atoms with van der Waals surface area (Å²) in [7, 11) is 0. The van der Waals surface area contributed by atoms with Gasteiger partial charge in [0.2, 0.25) is 5.89 Å². The van der Waals surface area contributed by atoms with Crippen molar-refractivity contribution >= 4 is 33.3 Å². The molecule has 104 valence electrons. The second-order valence-corrected chi connectivity index (χ2v) is 6.02. The van der Waals surface area contributed by atoms with Crippen LogP contribution < -0.4 is 10.6 Å². The highest BCUT2D eigenvalue weighted by Gasteiger charge is 2.13. The van der Waals surface area contributed by atoms with Crippen LogP contribution in [0.25, 0.3) is 0 Å². The molecule has 0 bridgehead atoms. The van der Waals surface area contributed by atoms with E-state index >= 15 is 0 Å². The molecule has 5 nitrogen and oxygen atoms in total. The number of anilines is 1. The average Bonchev–Trinajstić information content (AvgIpc) is 3.02. The van der Waals surface area contributed by atoms with Crippen molar-refractivity contribution in [3.8, 4) is 0 Å². The molecular formula is C12H17BrN4OS. The molecule has 19 heavy (non-hydrogen) atoms. The Hall–Kier alpha value is -0.920. The van der Waals surface area contributed by atoms with Crippen molar-refractivity contribution in [2.45, 2.75) is 32.9 Å². The van der Waals surface area contributed by atoms with E-state index in [4.69, 9.17) is 4.42 Å². The van der Waals surface area contributed by atoms with Gasteiger partial charge in [-0.15, -0.1) is 16.4 Å². The highest BCUT2D eigenvalue weighted by molar-refractivity contribution is 9.10. The summed E-state index contributed by atoms with van der Waals surface area (Å²) in [5, 5.41) is 16.5. The molecule has 2 rings (SSSR count). The summed E-state index contributed by atoms with van der Waals surface area (Å²) < 4.78 is 6.67. The van der Waals surface area contributed by atoms with Crippen LogP contribution in [-0.4, -0.2) is 16.7 Å². The highest BCUT2D eigenvalue weighted by Crippen LogP contribution is 2.23. The number of halogens is 1. The summed E-state index contributed by atoms with van der Waals surface area (Å²) in [4.78, 5) is 1.21. The van der Waals surface area contributed by atoms with Gasteiger partial charge in [-0.25, -0.2) is 0 Å². The second kappa shape index (κ2) is 7.02. The second-order valence-electron chi connectivity index (χ2n) is 4.17. The van der Waals surface area contributed by atoms with Crippen molar-refractivity contribution < 1.29 is 4.42 Å². The highest BCUT2D eigenvalue weighted by atomic mass is 79.9. The number of aromatic nitrogens is 2. The monoisotopic (exact) mass is 344 g/mol. The molecule has 0 saturated heterocycles. The maximum atomic E-state index is 5.57. The predicted octanol–water partition coefficient (Wildman–Crippen LogP) is 3.57. The Morgan fingerprint density at radius 3 is 3.00 bits per heavy atom. The molecule has 0 aliphatic rings. The van der Waals surface area contributed by atoms with Crippen LogP contribution in [0.4, 0.5) is 6.01 Å². The first-order valence-electron chi connectivity index (χ1n) is 6.23. The number of rotatable bonds is 7. The molecule has 0 aliphatic carbocycles. The first-order chi connectivity index (χ1) is 9.20. The van der Waals surface area contributed by atoms with Crippen LogP contribution in [0.5, 0.6) is 0 Å². The van der Waals surface area contributed by atoms with Crippen LogP contribution in [0.3, 0.4) is 0 Å². The largest absolute Gasteiger partial charge is 0.406 e. The zero-order valence-electron chi connectivity index (χ0n) is 10.9. The van der Waals surface area contributed by atoms with Gasteiger partial charge in [-0.05, 0) is 47.3 Å². The van der Waals surface area contributed by atoms with Crippen molar-refractivity contribution in [1.82, 2.24) is 15.5 Å². The molecule has 0 fully saturated rings. The van der Waals surface area contributed by atoms with E-state index in [0.717, 1.165) is 17.4 Å². The van der Waals surface area contributed by atoms with Crippen LogP contribution in [0.15, 0.2) is 20.3 Å². The molecule has 7 heteroatoms. The lowest BCUT2D eigenvalue weighted by Gasteiger charge is -2.07. The summed E-state index contributed by atoms with van der Waals surface area (Å²) in [5.41, 5.74) is 0. The smallest absolute Gasteiger partial charge is 0.315 e. The van der Waals surface area contributed by atoms with Gasteiger partial charge in [0, 0.05) is 9.35 Å². The Morgan fingerprint density at radius 2 is 2.32 bits per heavy atom. The molecule has 1 atom stereocenters. The van der Waals surface area contributed by atoms with Crippen LogP contribution in [0, 0.1) is 0 Å². The van der Waals surface area contributed by atoms with Gasteiger partial charge in [0.05, 0.1) is 12.6 Å². The van der Waals surface area contributed by atoms with Crippen LogP contribution in [0.1, 0.15) is 37.1 Å².